The van der Waals surface area contributed by atoms with E-state index in [4.69, 9.17) is 29.0 Å². The number of nitrogens with two attached hydrogens (primary N) is 1. The molecule has 2 aromatic carbocycles. The van der Waals surface area contributed by atoms with Gasteiger partial charge in [-0.1, -0.05) is 53.5 Å². The highest BCUT2D eigenvalue weighted by atomic mass is 35.5. The molecule has 1 saturated carbocycles. The van der Waals surface area contributed by atoms with Crippen LogP contribution in [-0.2, 0) is 6.42 Å². The van der Waals surface area contributed by atoms with Gasteiger partial charge in [0.2, 0.25) is 0 Å². The van der Waals surface area contributed by atoms with Crippen LogP contribution in [-0.4, -0.2) is 6.04 Å². The van der Waals surface area contributed by atoms with Crippen LogP contribution < -0.4 is 11.3 Å². The summed E-state index contributed by atoms with van der Waals surface area (Å²) in [5.74, 6) is 6.90. The van der Waals surface area contributed by atoms with Crippen molar-refractivity contribution in [2.45, 2.75) is 24.8 Å². The maximum atomic E-state index is 6.25. The van der Waals surface area contributed by atoms with Crippen LogP contribution in [0.15, 0.2) is 48.5 Å². The molecule has 1 aliphatic carbocycles. The summed E-state index contributed by atoms with van der Waals surface area (Å²) >= 11 is 12.3. The van der Waals surface area contributed by atoms with Gasteiger partial charge < -0.3 is 0 Å². The molecule has 1 aliphatic rings. The van der Waals surface area contributed by atoms with E-state index in [-0.39, 0.29) is 6.04 Å². The van der Waals surface area contributed by atoms with Gasteiger partial charge in [-0.15, -0.1) is 0 Å². The minimum atomic E-state index is 0.214. The highest BCUT2D eigenvalue weighted by Gasteiger charge is 2.43. The van der Waals surface area contributed by atoms with Crippen molar-refractivity contribution >= 4 is 23.2 Å². The molecule has 0 heterocycles. The van der Waals surface area contributed by atoms with Gasteiger partial charge in [-0.05, 0) is 54.0 Å². The molecule has 3 rings (SSSR count). The minimum absolute atomic E-state index is 0.214. The van der Waals surface area contributed by atoms with Crippen LogP contribution in [0.2, 0.25) is 10.0 Å². The average molecular weight is 321 g/mol. The molecule has 3 atom stereocenters. The van der Waals surface area contributed by atoms with E-state index in [0.717, 1.165) is 23.4 Å². The van der Waals surface area contributed by atoms with Crippen molar-refractivity contribution in [2.24, 2.45) is 11.8 Å². The zero-order valence-electron chi connectivity index (χ0n) is 11.6. The summed E-state index contributed by atoms with van der Waals surface area (Å²) in [5.41, 5.74) is 5.39. The van der Waals surface area contributed by atoms with Crippen LogP contribution in [0.3, 0.4) is 0 Å². The van der Waals surface area contributed by atoms with Gasteiger partial charge in [0, 0.05) is 16.1 Å². The Morgan fingerprint density at radius 2 is 1.90 bits per heavy atom. The topological polar surface area (TPSA) is 38.0 Å². The van der Waals surface area contributed by atoms with Gasteiger partial charge in [0.25, 0.3) is 0 Å². The molecule has 3 unspecified atom stereocenters. The number of nitrogens with one attached hydrogen (secondary N) is 1. The molecular weight excluding hydrogens is 303 g/mol. The first-order chi connectivity index (χ1) is 10.2. The van der Waals surface area contributed by atoms with Crippen LogP contribution in [0, 0.1) is 5.92 Å². The molecule has 0 aromatic heterocycles. The van der Waals surface area contributed by atoms with Crippen LogP contribution in [0.4, 0.5) is 0 Å². The van der Waals surface area contributed by atoms with E-state index in [2.05, 4.69) is 29.7 Å². The van der Waals surface area contributed by atoms with Crippen LogP contribution in [0.25, 0.3) is 0 Å². The monoisotopic (exact) mass is 320 g/mol. The zero-order valence-corrected chi connectivity index (χ0v) is 13.1. The third-order valence-corrected chi connectivity index (χ3v) is 4.85. The third kappa shape index (κ3) is 3.41. The highest BCUT2D eigenvalue weighted by molar-refractivity contribution is 6.33. The first kappa shape index (κ1) is 14.9. The standard InChI is InChI=1S/C17H18Cl2N2/c18-13-6-7-16(19)12(8-13)9-17(21-20)15-10-14(15)11-4-2-1-3-5-11/h1-8,14-15,17,21H,9-10,20H2. The predicted octanol–water partition coefficient (Wildman–Crippen LogP) is 4.17. The maximum Gasteiger partial charge on any atom is 0.0439 e. The van der Waals surface area contributed by atoms with E-state index in [1.165, 1.54) is 5.56 Å². The largest absolute Gasteiger partial charge is 0.271 e. The summed E-state index contributed by atoms with van der Waals surface area (Å²) in [6.45, 7) is 0. The number of rotatable bonds is 5. The molecule has 0 bridgehead atoms. The molecular formula is C17H18Cl2N2. The lowest BCUT2D eigenvalue weighted by molar-refractivity contribution is 0.464. The Bertz CT molecular complexity index is 615. The van der Waals surface area contributed by atoms with Gasteiger partial charge in [0.15, 0.2) is 0 Å². The lowest BCUT2D eigenvalue weighted by atomic mass is 9.99. The SMILES string of the molecule is NNC(Cc1cc(Cl)ccc1Cl)C1CC1c1ccccc1. The highest BCUT2D eigenvalue weighted by Crippen LogP contribution is 2.50. The molecule has 110 valence electrons. The van der Waals surface area contributed by atoms with Crippen molar-refractivity contribution in [1.29, 1.82) is 0 Å². The Balaban J connectivity index is 1.71. The predicted molar refractivity (Wildman–Crippen MR) is 88.6 cm³/mol. The molecule has 21 heavy (non-hydrogen) atoms. The Hall–Kier alpha value is -1.06. The second kappa shape index (κ2) is 6.37. The third-order valence-electron chi connectivity index (χ3n) is 4.25. The number of halogens is 2. The van der Waals surface area contributed by atoms with Crippen LogP contribution in [0.5, 0.6) is 0 Å². The average Bonchev–Trinajstić information content (AvgIpc) is 3.29. The Morgan fingerprint density at radius 3 is 2.62 bits per heavy atom. The summed E-state index contributed by atoms with van der Waals surface area (Å²) in [4.78, 5) is 0. The van der Waals surface area contributed by atoms with E-state index in [1.54, 1.807) is 0 Å². The van der Waals surface area contributed by atoms with Crippen molar-refractivity contribution < 1.29 is 0 Å². The van der Waals surface area contributed by atoms with Crippen molar-refractivity contribution in [1.82, 2.24) is 5.43 Å². The fraction of sp³-hybridized carbons (Fsp3) is 0.294. The second-order valence-electron chi connectivity index (χ2n) is 5.63. The Kier molecular flexibility index (Phi) is 4.51. The van der Waals surface area contributed by atoms with Crippen LogP contribution >= 0.6 is 23.2 Å². The quantitative estimate of drug-likeness (QED) is 0.641. The molecule has 0 spiro atoms. The summed E-state index contributed by atoms with van der Waals surface area (Å²) in [5, 5.41) is 1.46. The van der Waals surface area contributed by atoms with E-state index < -0.39 is 0 Å². The Morgan fingerprint density at radius 1 is 1.14 bits per heavy atom. The molecule has 2 nitrogen and oxygen atoms in total. The first-order valence-electron chi connectivity index (χ1n) is 7.14. The van der Waals surface area contributed by atoms with Crippen LogP contribution in [0.1, 0.15) is 23.5 Å². The van der Waals surface area contributed by atoms with Gasteiger partial charge in [-0.3, -0.25) is 11.3 Å². The zero-order chi connectivity index (χ0) is 14.8. The number of hydrogen-bond donors (Lipinski definition) is 2. The fourth-order valence-electron chi connectivity index (χ4n) is 3.01. The van der Waals surface area contributed by atoms with E-state index in [1.807, 2.05) is 24.3 Å². The lowest BCUT2D eigenvalue weighted by Gasteiger charge is -2.17. The minimum Gasteiger partial charge on any atom is -0.271 e. The molecule has 0 aliphatic heterocycles. The Labute approximate surface area is 135 Å². The molecule has 2 aromatic rings. The van der Waals surface area contributed by atoms with Crippen molar-refractivity contribution in [2.75, 3.05) is 0 Å². The summed E-state index contributed by atoms with van der Waals surface area (Å²) in [6.07, 6.45) is 1.96. The molecule has 3 N–H and O–H groups in total. The molecule has 0 radical (unpaired) electrons. The van der Waals surface area contributed by atoms with Gasteiger partial charge in [0.1, 0.15) is 0 Å². The summed E-state index contributed by atoms with van der Waals surface area (Å²) in [6, 6.07) is 16.4. The van der Waals surface area contributed by atoms with E-state index >= 15 is 0 Å². The van der Waals surface area contributed by atoms with E-state index in [0.29, 0.717) is 16.9 Å². The molecule has 0 saturated heterocycles. The number of hydrogen-bond acceptors (Lipinski definition) is 2. The fourth-order valence-corrected chi connectivity index (χ4v) is 3.40. The van der Waals surface area contributed by atoms with Gasteiger partial charge in [-0.2, -0.15) is 0 Å². The van der Waals surface area contributed by atoms with E-state index in [9.17, 15) is 0 Å². The molecule has 1 fully saturated rings. The van der Waals surface area contributed by atoms with Crippen molar-refractivity contribution in [3.05, 3.63) is 69.7 Å². The maximum absolute atomic E-state index is 6.25. The smallest absolute Gasteiger partial charge is 0.0439 e. The second-order valence-corrected chi connectivity index (χ2v) is 6.47. The lowest BCUT2D eigenvalue weighted by Crippen LogP contribution is -2.39. The first-order valence-corrected chi connectivity index (χ1v) is 7.89. The normalized spacial score (nSPS) is 22.0. The summed E-state index contributed by atoms with van der Waals surface area (Å²) in [7, 11) is 0. The summed E-state index contributed by atoms with van der Waals surface area (Å²) < 4.78 is 0. The van der Waals surface area contributed by atoms with Gasteiger partial charge in [0.05, 0.1) is 0 Å². The van der Waals surface area contributed by atoms with Gasteiger partial charge >= 0.3 is 0 Å². The number of benzene rings is 2. The van der Waals surface area contributed by atoms with Crippen molar-refractivity contribution in [3.8, 4) is 0 Å². The van der Waals surface area contributed by atoms with Gasteiger partial charge in [-0.25, -0.2) is 0 Å². The molecule has 0 amide bonds. The number of hydrazine groups is 1. The molecule has 4 heteroatoms. The van der Waals surface area contributed by atoms with Crippen molar-refractivity contribution in [3.63, 3.8) is 0 Å².